The van der Waals surface area contributed by atoms with Crippen LogP contribution in [0.1, 0.15) is 0 Å². The molecule has 0 aliphatic rings. The molecule has 14 heteroatoms. The average molecular weight is 470 g/mol. The first-order valence-corrected chi connectivity index (χ1v) is 10.2. The first kappa shape index (κ1) is 23.5. The Morgan fingerprint density at radius 3 is 1.12 bits per heavy atom. The Labute approximate surface area is 180 Å². The summed E-state index contributed by atoms with van der Waals surface area (Å²) in [6, 6.07) is 14.2. The fourth-order valence-corrected chi connectivity index (χ4v) is 3.37. The SMILES string of the molecule is NN(OP(=O)(ON(N)c1cccc(F)c1)ON(N)c1cccc(F)c1)c1cccc(F)c1. The minimum Gasteiger partial charge on any atom is -0.222 e. The summed E-state index contributed by atoms with van der Waals surface area (Å²) < 4.78 is 69.0. The minimum atomic E-state index is -4.89. The molecule has 6 N–H and O–H groups in total. The van der Waals surface area contributed by atoms with Gasteiger partial charge in [0, 0.05) is 18.2 Å². The fraction of sp³-hybridized carbons (Fsp3) is 0. The highest BCUT2D eigenvalue weighted by atomic mass is 31.2. The predicted molar refractivity (Wildman–Crippen MR) is 110 cm³/mol. The second kappa shape index (κ2) is 9.97. The van der Waals surface area contributed by atoms with Crippen molar-refractivity contribution in [1.82, 2.24) is 0 Å². The zero-order valence-electron chi connectivity index (χ0n) is 16.2. The van der Waals surface area contributed by atoms with E-state index in [0.717, 1.165) is 36.4 Å². The quantitative estimate of drug-likeness (QED) is 0.243. The summed E-state index contributed by atoms with van der Waals surface area (Å²) in [5.41, 5.74) is -0.247. The van der Waals surface area contributed by atoms with Crippen LogP contribution >= 0.6 is 7.82 Å². The number of anilines is 3. The van der Waals surface area contributed by atoms with Crippen LogP contribution in [-0.4, -0.2) is 0 Å². The summed E-state index contributed by atoms with van der Waals surface area (Å²) in [4.78, 5) is 0. The summed E-state index contributed by atoms with van der Waals surface area (Å²) in [6.07, 6.45) is 0. The molecule has 0 radical (unpaired) electrons. The van der Waals surface area contributed by atoms with Crippen molar-refractivity contribution in [1.29, 1.82) is 0 Å². The molecule has 3 aromatic carbocycles. The Balaban J connectivity index is 1.87. The Bertz CT molecular complexity index is 991. The highest BCUT2D eigenvalue weighted by Gasteiger charge is 2.37. The largest absolute Gasteiger partial charge is 0.543 e. The molecular weight excluding hydrogens is 452 g/mol. The molecule has 0 saturated heterocycles. The number of nitrogens with zero attached hydrogens (tertiary/aromatic N) is 3. The monoisotopic (exact) mass is 470 g/mol. The maximum atomic E-state index is 13.5. The van der Waals surface area contributed by atoms with Crippen molar-refractivity contribution in [2.24, 2.45) is 17.5 Å². The molecular formula is C18H18F3N6O4P. The molecule has 0 aromatic heterocycles. The highest BCUT2D eigenvalue weighted by molar-refractivity contribution is 7.48. The van der Waals surface area contributed by atoms with Crippen LogP contribution in [0.15, 0.2) is 72.8 Å². The van der Waals surface area contributed by atoms with Crippen LogP contribution in [0, 0.1) is 17.5 Å². The van der Waals surface area contributed by atoms with Crippen molar-refractivity contribution >= 4 is 24.9 Å². The predicted octanol–water partition coefficient (Wildman–Crippen LogP) is 3.45. The Morgan fingerprint density at radius 2 is 0.875 bits per heavy atom. The van der Waals surface area contributed by atoms with E-state index in [4.69, 9.17) is 31.4 Å². The van der Waals surface area contributed by atoms with E-state index in [-0.39, 0.29) is 17.1 Å². The molecule has 3 rings (SSSR count). The van der Waals surface area contributed by atoms with Crippen LogP contribution in [0.25, 0.3) is 0 Å². The van der Waals surface area contributed by atoms with Crippen LogP contribution in [0.2, 0.25) is 0 Å². The fourth-order valence-electron chi connectivity index (χ4n) is 2.35. The molecule has 0 aliphatic carbocycles. The van der Waals surface area contributed by atoms with Gasteiger partial charge in [-0.1, -0.05) is 18.2 Å². The van der Waals surface area contributed by atoms with Gasteiger partial charge in [0.15, 0.2) is 0 Å². The van der Waals surface area contributed by atoms with Gasteiger partial charge >= 0.3 is 7.82 Å². The Kier molecular flexibility index (Phi) is 7.33. The van der Waals surface area contributed by atoms with Gasteiger partial charge in [-0.25, -0.2) is 35.3 Å². The molecule has 0 atom stereocenters. The van der Waals surface area contributed by atoms with Gasteiger partial charge in [-0.05, 0) is 36.4 Å². The number of benzene rings is 3. The lowest BCUT2D eigenvalue weighted by atomic mass is 10.3. The first-order chi connectivity index (χ1) is 15.1. The summed E-state index contributed by atoms with van der Waals surface area (Å²) >= 11 is 0. The molecule has 32 heavy (non-hydrogen) atoms. The van der Waals surface area contributed by atoms with E-state index in [1.54, 1.807) is 0 Å². The second-order valence-electron chi connectivity index (χ2n) is 6.11. The van der Waals surface area contributed by atoms with Crippen LogP contribution < -0.4 is 33.0 Å². The molecule has 0 unspecified atom stereocenters. The van der Waals surface area contributed by atoms with Crippen LogP contribution in [0.3, 0.4) is 0 Å². The molecule has 3 aromatic rings. The maximum Gasteiger partial charge on any atom is 0.543 e. The average Bonchev–Trinajstić information content (AvgIpc) is 2.73. The topological polar surface area (TPSA) is 133 Å². The van der Waals surface area contributed by atoms with Gasteiger partial charge in [0.25, 0.3) is 0 Å². The molecule has 0 aliphatic heterocycles. The first-order valence-electron chi connectivity index (χ1n) is 8.75. The zero-order valence-corrected chi connectivity index (χ0v) is 17.1. The van der Waals surface area contributed by atoms with E-state index in [1.165, 1.54) is 36.4 Å². The summed E-state index contributed by atoms with van der Waals surface area (Å²) in [5, 5.41) is 1.17. The van der Waals surface area contributed by atoms with E-state index < -0.39 is 25.3 Å². The van der Waals surface area contributed by atoms with E-state index >= 15 is 0 Å². The highest BCUT2D eigenvalue weighted by Crippen LogP contribution is 2.52. The van der Waals surface area contributed by atoms with Crippen LogP contribution in [0.4, 0.5) is 30.2 Å². The number of hydrazine groups is 3. The number of hydrogen-bond donors (Lipinski definition) is 3. The molecule has 0 amide bonds. The van der Waals surface area contributed by atoms with Gasteiger partial charge < -0.3 is 0 Å². The third-order valence-corrected chi connectivity index (χ3v) is 4.88. The molecule has 170 valence electrons. The normalized spacial score (nSPS) is 11.3. The zero-order chi connectivity index (χ0) is 23.3. The summed E-state index contributed by atoms with van der Waals surface area (Å²) in [5.74, 6) is 15.1. The van der Waals surface area contributed by atoms with Gasteiger partial charge in [-0.3, -0.25) is 0 Å². The van der Waals surface area contributed by atoms with Crippen molar-refractivity contribution in [3.63, 3.8) is 0 Å². The maximum absolute atomic E-state index is 13.5. The van der Waals surface area contributed by atoms with Gasteiger partial charge in [0.2, 0.25) is 0 Å². The number of rotatable bonds is 9. The third-order valence-electron chi connectivity index (χ3n) is 3.75. The van der Waals surface area contributed by atoms with Crippen LogP contribution in [0.5, 0.6) is 0 Å². The van der Waals surface area contributed by atoms with E-state index in [0.29, 0.717) is 15.5 Å². The van der Waals surface area contributed by atoms with Gasteiger partial charge in [0.1, 0.15) is 17.5 Å². The minimum absolute atomic E-state index is 0.0823. The van der Waals surface area contributed by atoms with Crippen molar-refractivity contribution in [2.75, 3.05) is 15.5 Å². The van der Waals surface area contributed by atoms with Crippen molar-refractivity contribution in [3.05, 3.63) is 90.2 Å². The summed E-state index contributed by atoms with van der Waals surface area (Å²) in [6.45, 7) is 0. The van der Waals surface area contributed by atoms with Gasteiger partial charge in [0.05, 0.1) is 17.1 Å². The van der Waals surface area contributed by atoms with E-state index in [2.05, 4.69) is 0 Å². The van der Waals surface area contributed by atoms with Gasteiger partial charge in [-0.15, -0.1) is 13.9 Å². The lowest BCUT2D eigenvalue weighted by Gasteiger charge is -2.29. The number of hydrogen-bond acceptors (Lipinski definition) is 10. The number of nitrogens with two attached hydrogens (primary N) is 3. The molecule has 0 bridgehead atoms. The van der Waals surface area contributed by atoms with E-state index in [9.17, 15) is 17.7 Å². The standard InChI is InChI=1S/C18H18F3N6O4P/c19-13-4-1-7-16(10-13)25(22)29-32(28,30-26(23)17-8-2-5-14(20)11-17)31-27(24)18-9-3-6-15(21)12-18/h1-12H,22-24H2. The Hall–Kier alpha value is -3.16. The molecule has 10 nitrogen and oxygen atoms in total. The second-order valence-corrected chi connectivity index (χ2v) is 7.49. The Morgan fingerprint density at radius 1 is 0.594 bits per heavy atom. The summed E-state index contributed by atoms with van der Waals surface area (Å²) in [7, 11) is -4.89. The van der Waals surface area contributed by atoms with Crippen LogP contribution in [-0.2, 0) is 18.4 Å². The molecule has 0 spiro atoms. The lowest BCUT2D eigenvalue weighted by molar-refractivity contribution is 0.0858. The number of phosphoric acid groups is 1. The van der Waals surface area contributed by atoms with E-state index in [1.807, 2.05) is 0 Å². The smallest absolute Gasteiger partial charge is 0.222 e. The molecule has 0 heterocycles. The van der Waals surface area contributed by atoms with Gasteiger partial charge in [-0.2, -0.15) is 15.5 Å². The van der Waals surface area contributed by atoms with Crippen molar-refractivity contribution in [3.8, 4) is 0 Å². The van der Waals surface area contributed by atoms with Crippen molar-refractivity contribution in [2.45, 2.75) is 0 Å². The third kappa shape index (κ3) is 6.18. The number of halogens is 3. The molecule has 0 saturated carbocycles. The lowest BCUT2D eigenvalue weighted by Crippen LogP contribution is -2.38. The van der Waals surface area contributed by atoms with Crippen molar-refractivity contribution < 1.29 is 31.6 Å². The molecule has 0 fully saturated rings.